The topological polar surface area (TPSA) is 96.0 Å². The van der Waals surface area contributed by atoms with Gasteiger partial charge in [0.15, 0.2) is 0 Å². The van der Waals surface area contributed by atoms with Crippen molar-refractivity contribution in [2.24, 2.45) is 0 Å². The molecule has 0 bridgehead atoms. The third kappa shape index (κ3) is 7.22. The number of amides is 2. The zero-order valence-electron chi connectivity index (χ0n) is 21.6. The van der Waals surface area contributed by atoms with Crippen molar-refractivity contribution in [3.05, 3.63) is 59.7 Å². The molecule has 3 rings (SSSR count). The van der Waals surface area contributed by atoms with E-state index in [0.717, 1.165) is 47.4 Å². The second-order valence-corrected chi connectivity index (χ2v) is 11.2. The van der Waals surface area contributed by atoms with E-state index in [0.29, 0.717) is 18.0 Å². The number of hydrogen-bond acceptors (Lipinski definition) is 5. The number of carbonyl (C=O) groups is 2. The molecule has 1 N–H and O–H groups in total. The van der Waals surface area contributed by atoms with E-state index in [4.69, 9.17) is 4.74 Å². The van der Waals surface area contributed by atoms with Crippen LogP contribution in [0.15, 0.2) is 48.5 Å². The van der Waals surface area contributed by atoms with Crippen LogP contribution in [0.3, 0.4) is 0 Å². The zero-order chi connectivity index (χ0) is 26.3. The number of carbonyl (C=O) groups excluding carboxylic acids is 2. The number of benzene rings is 2. The molecule has 0 aromatic heterocycles. The Hall–Kier alpha value is -3.07. The number of nitrogens with zero attached hydrogens (tertiary/aromatic N) is 2. The first-order chi connectivity index (χ1) is 17.1. The first-order valence-electron chi connectivity index (χ1n) is 12.4. The molecule has 0 spiro atoms. The number of anilines is 1. The summed E-state index contributed by atoms with van der Waals surface area (Å²) >= 11 is 0. The van der Waals surface area contributed by atoms with Gasteiger partial charge in [0.1, 0.15) is 18.3 Å². The first kappa shape index (κ1) is 27.5. The summed E-state index contributed by atoms with van der Waals surface area (Å²) in [4.78, 5) is 28.2. The molecule has 9 heteroatoms. The van der Waals surface area contributed by atoms with Crippen LogP contribution in [0.25, 0.3) is 0 Å². The minimum atomic E-state index is -3.77. The first-order valence-corrected chi connectivity index (χ1v) is 14.3. The normalized spacial score (nSPS) is 14.8. The van der Waals surface area contributed by atoms with Crippen LogP contribution in [0.5, 0.6) is 5.75 Å². The Balaban J connectivity index is 1.87. The Kier molecular flexibility index (Phi) is 9.37. The minimum Gasteiger partial charge on any atom is -0.494 e. The standard InChI is InChI=1S/C27H37N3O5S/c1-5-35-25-16-14-24(15-17-25)30(36(4,33)34)19-26(31)29(18-22-11-7-6-10-20(22)2)21(3)27(32)28-23-12-8-9-13-23/h6-7,10-11,14-17,21,23H,5,8-9,12-13,18-19H2,1-4H3,(H,28,32). The SMILES string of the molecule is CCOc1ccc(N(CC(=O)N(Cc2ccccc2C)C(C)C(=O)NC2CCCC2)S(C)(=O)=O)cc1. The van der Waals surface area contributed by atoms with E-state index in [9.17, 15) is 18.0 Å². The smallest absolute Gasteiger partial charge is 0.244 e. The molecule has 36 heavy (non-hydrogen) atoms. The van der Waals surface area contributed by atoms with Crippen molar-refractivity contribution in [1.82, 2.24) is 10.2 Å². The summed E-state index contributed by atoms with van der Waals surface area (Å²) in [7, 11) is -3.77. The van der Waals surface area contributed by atoms with Crippen molar-refractivity contribution in [3.63, 3.8) is 0 Å². The largest absolute Gasteiger partial charge is 0.494 e. The van der Waals surface area contributed by atoms with E-state index >= 15 is 0 Å². The summed E-state index contributed by atoms with van der Waals surface area (Å²) in [6.45, 7) is 5.78. The van der Waals surface area contributed by atoms with E-state index in [-0.39, 0.29) is 18.5 Å². The number of aryl methyl sites for hydroxylation is 1. The Morgan fingerprint density at radius 1 is 1.08 bits per heavy atom. The predicted molar refractivity (Wildman–Crippen MR) is 141 cm³/mol. The van der Waals surface area contributed by atoms with Crippen molar-refractivity contribution in [2.75, 3.05) is 23.7 Å². The fourth-order valence-electron chi connectivity index (χ4n) is 4.43. The van der Waals surface area contributed by atoms with E-state index in [1.807, 2.05) is 38.1 Å². The summed E-state index contributed by atoms with van der Waals surface area (Å²) < 4.78 is 31.9. The molecule has 2 aromatic carbocycles. The predicted octanol–water partition coefficient (Wildman–Crippen LogP) is 3.64. The third-order valence-electron chi connectivity index (χ3n) is 6.59. The van der Waals surface area contributed by atoms with Crippen LogP contribution in [-0.4, -0.2) is 56.6 Å². The highest BCUT2D eigenvalue weighted by molar-refractivity contribution is 7.92. The monoisotopic (exact) mass is 515 g/mol. The average Bonchev–Trinajstić information content (AvgIpc) is 3.34. The molecule has 0 heterocycles. The molecule has 1 unspecified atom stereocenters. The van der Waals surface area contributed by atoms with Gasteiger partial charge < -0.3 is 15.0 Å². The van der Waals surface area contributed by atoms with Gasteiger partial charge >= 0.3 is 0 Å². The molecular weight excluding hydrogens is 478 g/mol. The van der Waals surface area contributed by atoms with Gasteiger partial charge in [-0.3, -0.25) is 13.9 Å². The fourth-order valence-corrected chi connectivity index (χ4v) is 5.28. The minimum absolute atomic E-state index is 0.117. The molecule has 8 nitrogen and oxygen atoms in total. The van der Waals surface area contributed by atoms with Gasteiger partial charge in [-0.1, -0.05) is 37.1 Å². The second kappa shape index (κ2) is 12.3. The number of nitrogens with one attached hydrogen (secondary N) is 1. The highest BCUT2D eigenvalue weighted by Gasteiger charge is 2.31. The fraction of sp³-hybridized carbons (Fsp3) is 0.481. The maximum Gasteiger partial charge on any atom is 0.244 e. The summed E-state index contributed by atoms with van der Waals surface area (Å²) in [5.74, 6) is -0.0677. The van der Waals surface area contributed by atoms with Crippen LogP contribution < -0.4 is 14.4 Å². The molecule has 0 saturated heterocycles. The number of ether oxygens (including phenoxy) is 1. The van der Waals surface area contributed by atoms with Crippen molar-refractivity contribution in [2.45, 2.75) is 65.1 Å². The van der Waals surface area contributed by atoms with Gasteiger partial charge in [0.2, 0.25) is 21.8 Å². The lowest BCUT2D eigenvalue weighted by Gasteiger charge is -2.32. The Morgan fingerprint density at radius 2 is 1.72 bits per heavy atom. The average molecular weight is 516 g/mol. The molecule has 1 fully saturated rings. The highest BCUT2D eigenvalue weighted by Crippen LogP contribution is 2.23. The summed E-state index contributed by atoms with van der Waals surface area (Å²) in [5.41, 5.74) is 2.25. The van der Waals surface area contributed by atoms with E-state index < -0.39 is 28.5 Å². The van der Waals surface area contributed by atoms with Crippen molar-refractivity contribution in [1.29, 1.82) is 0 Å². The highest BCUT2D eigenvalue weighted by atomic mass is 32.2. The zero-order valence-corrected chi connectivity index (χ0v) is 22.4. The Labute approximate surface area is 214 Å². The lowest BCUT2D eigenvalue weighted by molar-refractivity contribution is -0.139. The molecule has 2 amide bonds. The second-order valence-electron chi connectivity index (χ2n) is 9.31. The van der Waals surface area contributed by atoms with Crippen LogP contribution in [0.4, 0.5) is 5.69 Å². The van der Waals surface area contributed by atoms with Gasteiger partial charge in [-0.15, -0.1) is 0 Å². The Bertz CT molecular complexity index is 1140. The molecule has 1 aliphatic carbocycles. The lowest BCUT2D eigenvalue weighted by Crippen LogP contribution is -2.52. The van der Waals surface area contributed by atoms with Crippen LogP contribution in [-0.2, 0) is 26.2 Å². The van der Waals surface area contributed by atoms with Crippen molar-refractivity contribution < 1.29 is 22.7 Å². The van der Waals surface area contributed by atoms with Gasteiger partial charge in [-0.25, -0.2) is 8.42 Å². The molecule has 0 aliphatic heterocycles. The summed E-state index contributed by atoms with van der Waals surface area (Å²) in [6, 6.07) is 13.6. The molecule has 0 radical (unpaired) electrons. The van der Waals surface area contributed by atoms with Gasteiger partial charge in [0.25, 0.3) is 0 Å². The van der Waals surface area contributed by atoms with E-state index in [2.05, 4.69) is 5.32 Å². The quantitative estimate of drug-likeness (QED) is 0.493. The van der Waals surface area contributed by atoms with Gasteiger partial charge in [-0.05, 0) is 69.0 Å². The van der Waals surface area contributed by atoms with Crippen LogP contribution >= 0.6 is 0 Å². The molecular formula is C27H37N3O5S. The maximum atomic E-state index is 13.7. The molecule has 1 saturated carbocycles. The van der Waals surface area contributed by atoms with Gasteiger partial charge in [0.05, 0.1) is 18.6 Å². The summed E-state index contributed by atoms with van der Waals surface area (Å²) in [5, 5.41) is 3.07. The van der Waals surface area contributed by atoms with Crippen LogP contribution in [0, 0.1) is 6.92 Å². The van der Waals surface area contributed by atoms with Crippen LogP contribution in [0.1, 0.15) is 50.7 Å². The van der Waals surface area contributed by atoms with Crippen molar-refractivity contribution >= 4 is 27.5 Å². The molecule has 1 atom stereocenters. The van der Waals surface area contributed by atoms with Gasteiger partial charge in [-0.2, -0.15) is 0 Å². The molecule has 2 aromatic rings. The number of hydrogen-bond donors (Lipinski definition) is 1. The number of sulfonamides is 1. The van der Waals surface area contributed by atoms with E-state index in [1.54, 1.807) is 31.2 Å². The lowest BCUT2D eigenvalue weighted by atomic mass is 10.1. The van der Waals surface area contributed by atoms with Crippen molar-refractivity contribution in [3.8, 4) is 5.75 Å². The van der Waals surface area contributed by atoms with Gasteiger partial charge in [0, 0.05) is 12.6 Å². The summed E-state index contributed by atoms with van der Waals surface area (Å²) in [6.07, 6.45) is 5.10. The molecule has 1 aliphatic rings. The molecule has 196 valence electrons. The Morgan fingerprint density at radius 3 is 2.31 bits per heavy atom. The van der Waals surface area contributed by atoms with E-state index in [1.165, 1.54) is 4.90 Å². The third-order valence-corrected chi connectivity index (χ3v) is 7.73. The maximum absolute atomic E-state index is 13.7. The van der Waals surface area contributed by atoms with Crippen LogP contribution in [0.2, 0.25) is 0 Å². The number of rotatable bonds is 11.